The Kier molecular flexibility index (Phi) is 3.38. The highest BCUT2D eigenvalue weighted by molar-refractivity contribution is 5.93. The Labute approximate surface area is 126 Å². The van der Waals surface area contributed by atoms with E-state index in [1.165, 1.54) is 4.90 Å². The van der Waals surface area contributed by atoms with E-state index in [1.54, 1.807) is 31.2 Å². The van der Waals surface area contributed by atoms with E-state index < -0.39 is 17.9 Å². The lowest BCUT2D eigenvalue weighted by molar-refractivity contribution is -0.150. The summed E-state index contributed by atoms with van der Waals surface area (Å²) in [5.41, 5.74) is 8.95. The normalized spacial score (nSPS) is 25.6. The van der Waals surface area contributed by atoms with Crippen molar-refractivity contribution >= 4 is 17.7 Å². The van der Waals surface area contributed by atoms with Crippen LogP contribution < -0.4 is 4.90 Å². The summed E-state index contributed by atoms with van der Waals surface area (Å²) >= 11 is 0. The zero-order valence-electron chi connectivity index (χ0n) is 11.9. The summed E-state index contributed by atoms with van der Waals surface area (Å²) in [5.74, 6) is -0.376. The van der Waals surface area contributed by atoms with Gasteiger partial charge in [0, 0.05) is 23.3 Å². The van der Waals surface area contributed by atoms with E-state index in [0.717, 1.165) is 0 Å². The molecule has 1 fully saturated rings. The smallest absolute Gasteiger partial charge is 0.414 e. The number of azide groups is 1. The maximum Gasteiger partial charge on any atom is 0.414 e. The zero-order valence-corrected chi connectivity index (χ0v) is 11.9. The van der Waals surface area contributed by atoms with Crippen LogP contribution in [0.15, 0.2) is 29.4 Å². The van der Waals surface area contributed by atoms with Crippen LogP contribution in [0.25, 0.3) is 10.4 Å². The van der Waals surface area contributed by atoms with Crippen molar-refractivity contribution in [2.75, 3.05) is 11.5 Å². The first kappa shape index (κ1) is 14.2. The first-order chi connectivity index (χ1) is 10.6. The molecule has 2 aliphatic heterocycles. The topological polar surface area (TPSA) is 105 Å². The van der Waals surface area contributed by atoms with E-state index in [0.29, 0.717) is 17.7 Å². The molecule has 8 heteroatoms. The number of para-hydroxylation sites is 1. The molecule has 0 radical (unpaired) electrons. The summed E-state index contributed by atoms with van der Waals surface area (Å²) < 4.78 is 10.6. The number of ether oxygens (including phenoxy) is 2. The lowest BCUT2D eigenvalue weighted by Gasteiger charge is -2.30. The van der Waals surface area contributed by atoms with Crippen LogP contribution in [0.5, 0.6) is 0 Å². The Morgan fingerprint density at radius 3 is 3.00 bits per heavy atom. The minimum atomic E-state index is -1.13. The highest BCUT2D eigenvalue weighted by Crippen LogP contribution is 2.52. The van der Waals surface area contributed by atoms with Gasteiger partial charge in [-0.3, -0.25) is 9.69 Å². The van der Waals surface area contributed by atoms with E-state index in [9.17, 15) is 9.59 Å². The number of hydrogen-bond donors (Lipinski definition) is 0. The number of carbonyl (C=O) groups is 2. The molecule has 0 N–H and O–H groups in total. The summed E-state index contributed by atoms with van der Waals surface area (Å²) in [6.07, 6.45) is -1.06. The van der Waals surface area contributed by atoms with E-state index in [-0.39, 0.29) is 19.0 Å². The van der Waals surface area contributed by atoms with Crippen LogP contribution in [0.2, 0.25) is 0 Å². The molecule has 3 rings (SSSR count). The third-order valence-electron chi connectivity index (χ3n) is 3.90. The van der Waals surface area contributed by atoms with E-state index in [4.69, 9.17) is 15.0 Å². The molecule has 1 spiro atoms. The molecular weight excluding hydrogens is 288 g/mol. The van der Waals surface area contributed by atoms with Gasteiger partial charge >= 0.3 is 12.1 Å². The van der Waals surface area contributed by atoms with Gasteiger partial charge in [0.05, 0.1) is 12.3 Å². The van der Waals surface area contributed by atoms with Crippen LogP contribution in [0.3, 0.4) is 0 Å². The molecule has 1 saturated heterocycles. The first-order valence-corrected chi connectivity index (χ1v) is 6.95. The highest BCUT2D eigenvalue weighted by atomic mass is 16.6. The Morgan fingerprint density at radius 2 is 2.36 bits per heavy atom. The number of esters is 1. The molecule has 0 aromatic heterocycles. The van der Waals surface area contributed by atoms with E-state index in [2.05, 4.69) is 10.0 Å². The van der Waals surface area contributed by atoms with Gasteiger partial charge in [0.1, 0.15) is 0 Å². The summed E-state index contributed by atoms with van der Waals surface area (Å²) in [4.78, 5) is 28.1. The third kappa shape index (κ3) is 1.88. The number of amides is 1. The van der Waals surface area contributed by atoms with Crippen molar-refractivity contribution in [1.29, 1.82) is 0 Å². The molecule has 1 aromatic carbocycles. The first-order valence-electron chi connectivity index (χ1n) is 6.95. The van der Waals surface area contributed by atoms with Crippen molar-refractivity contribution in [3.8, 4) is 0 Å². The fourth-order valence-corrected chi connectivity index (χ4v) is 3.07. The highest BCUT2D eigenvalue weighted by Gasteiger charge is 2.58. The fraction of sp³-hybridized carbons (Fsp3) is 0.429. The quantitative estimate of drug-likeness (QED) is 0.362. The third-order valence-corrected chi connectivity index (χ3v) is 3.90. The molecule has 2 aliphatic rings. The van der Waals surface area contributed by atoms with Gasteiger partial charge in [0.25, 0.3) is 0 Å². The van der Waals surface area contributed by atoms with Gasteiger partial charge in [-0.25, -0.2) is 4.79 Å². The van der Waals surface area contributed by atoms with Gasteiger partial charge in [0.2, 0.25) is 0 Å². The second kappa shape index (κ2) is 5.23. The zero-order chi connectivity index (χ0) is 15.7. The Hall–Kier alpha value is -2.73. The van der Waals surface area contributed by atoms with Crippen molar-refractivity contribution in [3.05, 3.63) is 40.3 Å². The van der Waals surface area contributed by atoms with E-state index >= 15 is 0 Å². The van der Waals surface area contributed by atoms with Crippen molar-refractivity contribution in [3.63, 3.8) is 0 Å². The van der Waals surface area contributed by atoms with Gasteiger partial charge in [-0.1, -0.05) is 23.3 Å². The second-order valence-corrected chi connectivity index (χ2v) is 5.03. The number of anilines is 1. The predicted molar refractivity (Wildman–Crippen MR) is 75.9 cm³/mol. The fourth-order valence-electron chi connectivity index (χ4n) is 3.07. The van der Waals surface area contributed by atoms with E-state index in [1.807, 2.05) is 0 Å². The SMILES string of the molecule is CCOC(=O)N1c2ccccc2[C@@]2(CCC(=O)O2)[C@H]1N=[N+]=[N-]. The maximum atomic E-state index is 12.3. The van der Waals surface area contributed by atoms with Crippen molar-refractivity contribution < 1.29 is 19.1 Å². The molecule has 0 unspecified atom stereocenters. The van der Waals surface area contributed by atoms with Crippen molar-refractivity contribution in [1.82, 2.24) is 0 Å². The van der Waals surface area contributed by atoms with Crippen LogP contribution in [0.1, 0.15) is 25.3 Å². The molecule has 0 bridgehead atoms. The largest absolute Gasteiger partial charge is 0.452 e. The Morgan fingerprint density at radius 1 is 1.59 bits per heavy atom. The molecule has 1 amide bonds. The summed E-state index contributed by atoms with van der Waals surface area (Å²) in [6, 6.07) is 7.03. The van der Waals surface area contributed by atoms with Gasteiger partial charge in [-0.15, -0.1) is 0 Å². The van der Waals surface area contributed by atoms with Gasteiger partial charge < -0.3 is 9.47 Å². The molecular formula is C14H14N4O4. The molecule has 0 saturated carbocycles. The monoisotopic (exact) mass is 302 g/mol. The number of hydrogen-bond acceptors (Lipinski definition) is 5. The standard InChI is InChI=1S/C14H14N4O4/c1-2-21-13(20)18-10-6-4-3-5-9(10)14(12(18)16-17-15)8-7-11(19)22-14/h3-6,12H,2,7-8H2,1H3/t12-,14-/m0/s1. The van der Waals surface area contributed by atoms with Gasteiger partial charge in [-0.05, 0) is 18.5 Å². The number of fused-ring (bicyclic) bond motifs is 2. The van der Waals surface area contributed by atoms with Crippen LogP contribution in [-0.4, -0.2) is 24.8 Å². The number of rotatable bonds is 2. The average molecular weight is 302 g/mol. The molecule has 8 nitrogen and oxygen atoms in total. The minimum absolute atomic E-state index is 0.188. The minimum Gasteiger partial charge on any atom is -0.452 e. The summed E-state index contributed by atoms with van der Waals surface area (Å²) in [5, 5.41) is 3.72. The lowest BCUT2D eigenvalue weighted by Crippen LogP contribution is -2.46. The molecule has 1 aromatic rings. The van der Waals surface area contributed by atoms with Crippen LogP contribution in [0.4, 0.5) is 10.5 Å². The Bertz CT molecular complexity index is 685. The number of nitrogens with zero attached hydrogens (tertiary/aromatic N) is 4. The molecule has 0 aliphatic carbocycles. The number of carbonyl (C=O) groups excluding carboxylic acids is 2. The van der Waals surface area contributed by atoms with Crippen molar-refractivity contribution in [2.45, 2.75) is 31.5 Å². The summed E-state index contributed by atoms with van der Waals surface area (Å²) in [6.45, 7) is 1.88. The van der Waals surface area contributed by atoms with Crippen LogP contribution >= 0.6 is 0 Å². The molecule has 22 heavy (non-hydrogen) atoms. The molecule has 2 heterocycles. The number of benzene rings is 1. The average Bonchev–Trinajstić information content (AvgIpc) is 3.01. The Balaban J connectivity index is 2.17. The van der Waals surface area contributed by atoms with Crippen LogP contribution in [0, 0.1) is 0 Å². The van der Waals surface area contributed by atoms with Gasteiger partial charge in [-0.2, -0.15) is 0 Å². The van der Waals surface area contributed by atoms with Crippen molar-refractivity contribution in [2.24, 2.45) is 5.11 Å². The summed E-state index contributed by atoms with van der Waals surface area (Å²) in [7, 11) is 0. The second-order valence-electron chi connectivity index (χ2n) is 5.03. The van der Waals surface area contributed by atoms with Crippen LogP contribution in [-0.2, 0) is 19.9 Å². The molecule has 114 valence electrons. The van der Waals surface area contributed by atoms with Gasteiger partial charge in [0.15, 0.2) is 11.8 Å². The lowest BCUT2D eigenvalue weighted by atomic mass is 9.90. The predicted octanol–water partition coefficient (Wildman–Crippen LogP) is 2.83. The molecule has 2 atom stereocenters. The maximum absolute atomic E-state index is 12.3.